The van der Waals surface area contributed by atoms with Crippen LogP contribution in [0, 0.1) is 24.0 Å². The predicted octanol–water partition coefficient (Wildman–Crippen LogP) is 4.97. The molecule has 0 saturated heterocycles. The van der Waals surface area contributed by atoms with Crippen molar-refractivity contribution in [2.45, 2.75) is 48.1 Å². The summed E-state index contributed by atoms with van der Waals surface area (Å²) in [7, 11) is 1.40. The van der Waals surface area contributed by atoms with Gasteiger partial charge in [0.25, 0.3) is 5.69 Å². The van der Waals surface area contributed by atoms with E-state index in [0.29, 0.717) is 5.69 Å². The molecule has 0 bridgehead atoms. The van der Waals surface area contributed by atoms with Crippen LogP contribution >= 0.6 is 0 Å². The lowest BCUT2D eigenvalue weighted by atomic mass is 10.1. The summed E-state index contributed by atoms with van der Waals surface area (Å²) in [6.07, 6.45) is 0. The molecule has 152 valence electrons. The van der Waals surface area contributed by atoms with Crippen LogP contribution in [0.2, 0.25) is 0 Å². The summed E-state index contributed by atoms with van der Waals surface area (Å²) >= 11 is 0. The van der Waals surface area contributed by atoms with Crippen LogP contribution in [0.25, 0.3) is 0 Å². The number of benzene rings is 2. The van der Waals surface area contributed by atoms with Gasteiger partial charge in [0.05, 0.1) is 12.0 Å². The zero-order valence-electron chi connectivity index (χ0n) is 17.5. The lowest BCUT2D eigenvalue weighted by molar-refractivity contribution is -0.384. The van der Waals surface area contributed by atoms with Crippen molar-refractivity contribution in [1.29, 1.82) is 0 Å². The quantitative estimate of drug-likeness (QED) is 0.510. The Hall–Kier alpha value is -2.48. The van der Waals surface area contributed by atoms with E-state index < -0.39 is 4.92 Å². The number of aryl methyl sites for hydroxylation is 2. The van der Waals surface area contributed by atoms with E-state index in [1.165, 1.54) is 13.2 Å². The summed E-state index contributed by atoms with van der Waals surface area (Å²) in [5, 5.41) is 14.3. The van der Waals surface area contributed by atoms with Crippen LogP contribution in [0.15, 0.2) is 36.4 Å². The first-order chi connectivity index (χ1) is 12.9. The highest BCUT2D eigenvalue weighted by Crippen LogP contribution is 2.30. The van der Waals surface area contributed by atoms with E-state index in [9.17, 15) is 10.1 Å². The molecule has 0 atom stereocenters. The molecule has 0 aliphatic carbocycles. The van der Waals surface area contributed by atoms with Crippen LogP contribution in [0.3, 0.4) is 0 Å². The van der Waals surface area contributed by atoms with E-state index >= 15 is 0 Å². The van der Waals surface area contributed by atoms with Gasteiger partial charge in [0.15, 0.2) is 0 Å². The Morgan fingerprint density at radius 1 is 1.04 bits per heavy atom. The normalized spacial score (nSPS) is 8.78. The number of hydrogen-bond donors (Lipinski definition) is 3. The van der Waals surface area contributed by atoms with Gasteiger partial charge < -0.3 is 15.9 Å². The molecule has 0 heterocycles. The maximum atomic E-state index is 11.2. The molecule has 0 radical (unpaired) electrons. The summed E-state index contributed by atoms with van der Waals surface area (Å²) in [4.78, 5) is 14.5. The maximum Gasteiger partial charge on any atom is 0.292 e. The number of nitrogens with one attached hydrogen (secondary N) is 1. The Kier molecular flexibility index (Phi) is 15.6. The van der Waals surface area contributed by atoms with Gasteiger partial charge in [-0.2, -0.15) is 0 Å². The number of nitro benzene ring substituents is 1. The van der Waals surface area contributed by atoms with E-state index in [0.717, 1.165) is 22.4 Å². The molecule has 7 heteroatoms. The van der Waals surface area contributed by atoms with Gasteiger partial charge in [0, 0.05) is 18.3 Å². The first kappa shape index (κ1) is 26.7. The van der Waals surface area contributed by atoms with Gasteiger partial charge in [0.1, 0.15) is 5.69 Å². The van der Waals surface area contributed by atoms with Crippen molar-refractivity contribution in [3.05, 3.63) is 63.2 Å². The molecule has 5 N–H and O–H groups in total. The predicted molar refractivity (Wildman–Crippen MR) is 114 cm³/mol. The highest BCUT2D eigenvalue weighted by Gasteiger charge is 2.15. The maximum absolute atomic E-state index is 11.2. The molecule has 0 unspecified atom stereocenters. The van der Waals surface area contributed by atoms with Gasteiger partial charge in [-0.1, -0.05) is 45.9 Å². The number of nitrogens with two attached hydrogens (primary N) is 2. The van der Waals surface area contributed by atoms with Gasteiger partial charge in [-0.15, -0.1) is 0 Å². The van der Waals surface area contributed by atoms with Gasteiger partial charge in [-0.25, -0.2) is 5.90 Å². The Morgan fingerprint density at radius 3 is 2.07 bits per heavy atom. The van der Waals surface area contributed by atoms with Crippen molar-refractivity contribution < 1.29 is 9.76 Å². The number of rotatable bonds is 4. The number of anilines is 2. The largest absolute Gasteiger partial charge is 0.350 e. The van der Waals surface area contributed by atoms with Gasteiger partial charge in [-0.3, -0.25) is 10.1 Å². The molecule has 2 aromatic rings. The SMILES string of the molecule is CC.CC.CON.Cc1ccc(C)c(Nc2ccc(CN)cc2[N+](=O)[O-])c1. The minimum absolute atomic E-state index is 0.0360. The molecule has 7 nitrogen and oxygen atoms in total. The average Bonchev–Trinajstić information content (AvgIpc) is 2.68. The summed E-state index contributed by atoms with van der Waals surface area (Å²) in [5.41, 5.74) is 9.77. The lowest BCUT2D eigenvalue weighted by Crippen LogP contribution is -2.02. The highest BCUT2D eigenvalue weighted by atomic mass is 16.6. The van der Waals surface area contributed by atoms with Gasteiger partial charge >= 0.3 is 0 Å². The van der Waals surface area contributed by atoms with Crippen LogP contribution < -0.4 is 16.9 Å². The molecule has 0 spiro atoms. The summed E-state index contributed by atoms with van der Waals surface area (Å²) in [5.74, 6) is 4.35. The van der Waals surface area contributed by atoms with E-state index in [1.54, 1.807) is 12.1 Å². The Bertz CT molecular complexity index is 676. The number of nitro groups is 1. The van der Waals surface area contributed by atoms with Crippen molar-refractivity contribution >= 4 is 17.1 Å². The van der Waals surface area contributed by atoms with Crippen molar-refractivity contribution in [3.63, 3.8) is 0 Å². The third-order valence-corrected chi connectivity index (χ3v) is 3.16. The first-order valence-electron chi connectivity index (χ1n) is 8.97. The lowest BCUT2D eigenvalue weighted by Gasteiger charge is -2.11. The summed E-state index contributed by atoms with van der Waals surface area (Å²) < 4.78 is 0. The highest BCUT2D eigenvalue weighted by molar-refractivity contribution is 5.72. The molecular formula is C20H34N4O3. The number of nitrogens with zero attached hydrogens (tertiary/aromatic N) is 1. The van der Waals surface area contributed by atoms with Crippen LogP contribution in [-0.2, 0) is 11.4 Å². The molecule has 0 aliphatic rings. The van der Waals surface area contributed by atoms with Crippen LogP contribution in [0.1, 0.15) is 44.4 Å². The molecule has 0 fully saturated rings. The monoisotopic (exact) mass is 378 g/mol. The fraction of sp³-hybridized carbons (Fsp3) is 0.400. The standard InChI is InChI=1S/C15H17N3O2.2C2H6.CH5NO/c1-10-3-4-11(2)14(7-10)17-13-6-5-12(9-16)8-15(13)18(19)20;2*1-2;1-3-2/h3-8,17H,9,16H2,1-2H3;2*1-2H3;2H2,1H3. The minimum Gasteiger partial charge on any atom is -0.350 e. The third-order valence-electron chi connectivity index (χ3n) is 3.16. The zero-order valence-corrected chi connectivity index (χ0v) is 17.5. The molecule has 27 heavy (non-hydrogen) atoms. The first-order valence-corrected chi connectivity index (χ1v) is 8.97. The summed E-state index contributed by atoms with van der Waals surface area (Å²) in [6, 6.07) is 11.0. The third kappa shape index (κ3) is 9.69. The molecule has 0 amide bonds. The van der Waals surface area contributed by atoms with Gasteiger partial charge in [-0.05, 0) is 42.7 Å². The van der Waals surface area contributed by atoms with E-state index in [4.69, 9.17) is 5.73 Å². The van der Waals surface area contributed by atoms with Crippen LogP contribution in [0.5, 0.6) is 0 Å². The average molecular weight is 379 g/mol. The topological polar surface area (TPSA) is 116 Å². The Labute approximate surface area is 162 Å². The van der Waals surface area contributed by atoms with E-state index in [-0.39, 0.29) is 12.2 Å². The second kappa shape index (κ2) is 15.7. The fourth-order valence-corrected chi connectivity index (χ4v) is 1.98. The smallest absolute Gasteiger partial charge is 0.292 e. The zero-order chi connectivity index (χ0) is 21.4. The van der Waals surface area contributed by atoms with Crippen molar-refractivity contribution in [2.75, 3.05) is 12.4 Å². The van der Waals surface area contributed by atoms with Crippen LogP contribution in [-0.4, -0.2) is 12.0 Å². The number of hydrogen-bond acceptors (Lipinski definition) is 6. The molecule has 0 saturated carbocycles. The summed E-state index contributed by atoms with van der Waals surface area (Å²) in [6.45, 7) is 12.2. The van der Waals surface area contributed by atoms with Gasteiger partial charge in [0.2, 0.25) is 0 Å². The molecule has 0 aromatic heterocycles. The Morgan fingerprint density at radius 2 is 1.59 bits per heavy atom. The second-order valence-corrected chi connectivity index (χ2v) is 4.99. The molecule has 0 aliphatic heterocycles. The van der Waals surface area contributed by atoms with Crippen LogP contribution in [0.4, 0.5) is 17.1 Å². The molecular weight excluding hydrogens is 344 g/mol. The Balaban J connectivity index is 0. The second-order valence-electron chi connectivity index (χ2n) is 4.99. The fourth-order valence-electron chi connectivity index (χ4n) is 1.98. The van der Waals surface area contributed by atoms with Crippen molar-refractivity contribution in [3.8, 4) is 0 Å². The minimum atomic E-state index is -0.396. The molecule has 2 aromatic carbocycles. The van der Waals surface area contributed by atoms with E-state index in [1.807, 2.05) is 59.7 Å². The molecule has 2 rings (SSSR count). The van der Waals surface area contributed by atoms with Crippen molar-refractivity contribution in [2.24, 2.45) is 11.6 Å². The van der Waals surface area contributed by atoms with E-state index in [2.05, 4.69) is 16.1 Å². The van der Waals surface area contributed by atoms with Crippen molar-refractivity contribution in [1.82, 2.24) is 0 Å².